The van der Waals surface area contributed by atoms with Gasteiger partial charge in [-0.25, -0.2) is 0 Å². The standard InChI is InChI=1S/C15H15NO2/c1-11-6-8-12(9-7-11)10-18-14-5-3-2-4-13(14)15(16)17/h2-9H,10H2,1H3,(H2,16,17). The van der Waals surface area contributed by atoms with E-state index in [0.29, 0.717) is 17.9 Å². The van der Waals surface area contributed by atoms with Gasteiger partial charge in [0.2, 0.25) is 0 Å². The van der Waals surface area contributed by atoms with Crippen LogP contribution < -0.4 is 10.5 Å². The van der Waals surface area contributed by atoms with Crippen molar-refractivity contribution in [2.75, 3.05) is 0 Å². The number of carbonyl (C=O) groups is 1. The first-order valence-corrected chi connectivity index (χ1v) is 5.74. The van der Waals surface area contributed by atoms with Gasteiger partial charge in [-0.15, -0.1) is 0 Å². The number of primary amides is 1. The number of hydrogen-bond acceptors (Lipinski definition) is 2. The van der Waals surface area contributed by atoms with Crippen LogP contribution in [0.15, 0.2) is 48.5 Å². The molecule has 0 aromatic heterocycles. The number of hydrogen-bond donors (Lipinski definition) is 1. The van der Waals surface area contributed by atoms with E-state index in [9.17, 15) is 4.79 Å². The maximum Gasteiger partial charge on any atom is 0.252 e. The van der Waals surface area contributed by atoms with Crippen LogP contribution in [0.2, 0.25) is 0 Å². The van der Waals surface area contributed by atoms with E-state index >= 15 is 0 Å². The lowest BCUT2D eigenvalue weighted by Gasteiger charge is -2.09. The highest BCUT2D eigenvalue weighted by Crippen LogP contribution is 2.18. The summed E-state index contributed by atoms with van der Waals surface area (Å²) in [5.41, 5.74) is 7.95. The normalized spacial score (nSPS) is 10.1. The van der Waals surface area contributed by atoms with Gasteiger partial charge in [-0.1, -0.05) is 42.0 Å². The van der Waals surface area contributed by atoms with Crippen molar-refractivity contribution in [3.8, 4) is 5.75 Å². The number of aryl methyl sites for hydroxylation is 1. The molecule has 3 heteroatoms. The first kappa shape index (κ1) is 12.2. The van der Waals surface area contributed by atoms with Crippen LogP contribution >= 0.6 is 0 Å². The molecule has 0 heterocycles. The van der Waals surface area contributed by atoms with Crippen LogP contribution in [-0.2, 0) is 6.61 Å². The lowest BCUT2D eigenvalue weighted by atomic mass is 10.1. The average molecular weight is 241 g/mol. The van der Waals surface area contributed by atoms with Gasteiger partial charge < -0.3 is 10.5 Å². The lowest BCUT2D eigenvalue weighted by Crippen LogP contribution is -2.12. The van der Waals surface area contributed by atoms with Crippen molar-refractivity contribution < 1.29 is 9.53 Å². The summed E-state index contributed by atoms with van der Waals surface area (Å²) in [7, 11) is 0. The van der Waals surface area contributed by atoms with Crippen LogP contribution in [-0.4, -0.2) is 5.91 Å². The molecule has 0 bridgehead atoms. The fraction of sp³-hybridized carbons (Fsp3) is 0.133. The predicted molar refractivity (Wildman–Crippen MR) is 70.5 cm³/mol. The smallest absolute Gasteiger partial charge is 0.252 e. The van der Waals surface area contributed by atoms with E-state index in [1.54, 1.807) is 18.2 Å². The molecule has 0 atom stereocenters. The third-order valence-corrected chi connectivity index (χ3v) is 2.67. The minimum Gasteiger partial charge on any atom is -0.488 e. The molecule has 0 radical (unpaired) electrons. The molecule has 0 saturated carbocycles. The van der Waals surface area contributed by atoms with Crippen LogP contribution in [0.3, 0.4) is 0 Å². The Morgan fingerprint density at radius 2 is 1.78 bits per heavy atom. The van der Waals surface area contributed by atoms with E-state index in [4.69, 9.17) is 10.5 Å². The summed E-state index contributed by atoms with van der Waals surface area (Å²) in [4.78, 5) is 11.2. The lowest BCUT2D eigenvalue weighted by molar-refractivity contribution is 0.0996. The quantitative estimate of drug-likeness (QED) is 0.894. The van der Waals surface area contributed by atoms with Crippen LogP contribution in [0, 0.1) is 6.92 Å². The second-order valence-electron chi connectivity index (χ2n) is 4.13. The number of rotatable bonds is 4. The Balaban J connectivity index is 2.10. The average Bonchev–Trinajstić information content (AvgIpc) is 2.38. The fourth-order valence-electron chi connectivity index (χ4n) is 1.64. The van der Waals surface area contributed by atoms with Crippen molar-refractivity contribution >= 4 is 5.91 Å². The van der Waals surface area contributed by atoms with Crippen LogP contribution in [0.25, 0.3) is 0 Å². The number of carbonyl (C=O) groups excluding carboxylic acids is 1. The molecule has 2 rings (SSSR count). The first-order valence-electron chi connectivity index (χ1n) is 5.74. The van der Waals surface area contributed by atoms with Crippen molar-refractivity contribution in [3.05, 3.63) is 65.2 Å². The van der Waals surface area contributed by atoms with E-state index in [1.807, 2.05) is 37.3 Å². The zero-order valence-corrected chi connectivity index (χ0v) is 10.2. The van der Waals surface area contributed by atoms with Crippen molar-refractivity contribution in [2.45, 2.75) is 13.5 Å². The molecule has 1 amide bonds. The zero-order chi connectivity index (χ0) is 13.0. The largest absolute Gasteiger partial charge is 0.488 e. The molecule has 0 unspecified atom stereocenters. The van der Waals surface area contributed by atoms with Gasteiger partial charge in [0.05, 0.1) is 5.56 Å². The molecule has 92 valence electrons. The molecule has 0 aliphatic carbocycles. The van der Waals surface area contributed by atoms with E-state index in [1.165, 1.54) is 5.56 Å². The number of benzene rings is 2. The first-order chi connectivity index (χ1) is 8.66. The van der Waals surface area contributed by atoms with E-state index in [-0.39, 0.29) is 0 Å². The Labute approximate surface area is 106 Å². The van der Waals surface area contributed by atoms with Gasteiger partial charge in [-0.2, -0.15) is 0 Å². The Kier molecular flexibility index (Phi) is 3.63. The zero-order valence-electron chi connectivity index (χ0n) is 10.2. The van der Waals surface area contributed by atoms with Crippen molar-refractivity contribution in [1.29, 1.82) is 0 Å². The van der Waals surface area contributed by atoms with Gasteiger partial charge in [0.25, 0.3) is 5.91 Å². The molecular weight excluding hydrogens is 226 g/mol. The molecule has 0 saturated heterocycles. The second-order valence-corrected chi connectivity index (χ2v) is 4.13. The monoisotopic (exact) mass is 241 g/mol. The summed E-state index contributed by atoms with van der Waals surface area (Å²) in [5, 5.41) is 0. The number of amides is 1. The number of nitrogens with two attached hydrogens (primary N) is 1. The maximum absolute atomic E-state index is 11.2. The summed E-state index contributed by atoms with van der Waals surface area (Å²) in [6.07, 6.45) is 0. The molecule has 0 spiro atoms. The van der Waals surface area contributed by atoms with Crippen molar-refractivity contribution in [1.82, 2.24) is 0 Å². The Morgan fingerprint density at radius 1 is 1.11 bits per heavy atom. The predicted octanol–water partition coefficient (Wildman–Crippen LogP) is 2.67. The summed E-state index contributed by atoms with van der Waals surface area (Å²) >= 11 is 0. The van der Waals surface area contributed by atoms with Gasteiger partial charge in [0, 0.05) is 0 Å². The summed E-state index contributed by atoms with van der Waals surface area (Å²) in [5.74, 6) is 0.0417. The highest BCUT2D eigenvalue weighted by Gasteiger charge is 2.07. The Morgan fingerprint density at radius 3 is 2.44 bits per heavy atom. The number of para-hydroxylation sites is 1. The van der Waals surface area contributed by atoms with Crippen LogP contribution in [0.1, 0.15) is 21.5 Å². The third-order valence-electron chi connectivity index (χ3n) is 2.67. The minimum atomic E-state index is -0.477. The molecule has 2 N–H and O–H groups in total. The minimum absolute atomic E-state index is 0.407. The number of ether oxygens (including phenoxy) is 1. The molecule has 18 heavy (non-hydrogen) atoms. The Hall–Kier alpha value is -2.29. The summed E-state index contributed by atoms with van der Waals surface area (Å²) in [6.45, 7) is 2.46. The third kappa shape index (κ3) is 2.88. The highest BCUT2D eigenvalue weighted by molar-refractivity contribution is 5.95. The molecular formula is C15H15NO2. The molecule has 0 aliphatic heterocycles. The highest BCUT2D eigenvalue weighted by atomic mass is 16.5. The van der Waals surface area contributed by atoms with Crippen LogP contribution in [0.5, 0.6) is 5.75 Å². The molecule has 3 nitrogen and oxygen atoms in total. The second kappa shape index (κ2) is 5.36. The SMILES string of the molecule is Cc1ccc(COc2ccccc2C(N)=O)cc1. The van der Waals surface area contributed by atoms with E-state index in [2.05, 4.69) is 0 Å². The molecule has 2 aromatic carbocycles. The summed E-state index contributed by atoms with van der Waals surface area (Å²) < 4.78 is 5.62. The molecule has 0 aliphatic rings. The topological polar surface area (TPSA) is 52.3 Å². The van der Waals surface area contributed by atoms with E-state index in [0.717, 1.165) is 5.56 Å². The molecule has 2 aromatic rings. The Bertz CT molecular complexity index is 547. The van der Waals surface area contributed by atoms with Crippen molar-refractivity contribution in [3.63, 3.8) is 0 Å². The maximum atomic E-state index is 11.2. The van der Waals surface area contributed by atoms with Gasteiger partial charge >= 0.3 is 0 Å². The van der Waals surface area contributed by atoms with E-state index < -0.39 is 5.91 Å². The summed E-state index contributed by atoms with van der Waals surface area (Å²) in [6, 6.07) is 15.0. The van der Waals surface area contributed by atoms with Gasteiger partial charge in [0.15, 0.2) is 0 Å². The van der Waals surface area contributed by atoms with Gasteiger partial charge in [-0.3, -0.25) is 4.79 Å². The van der Waals surface area contributed by atoms with Gasteiger partial charge in [-0.05, 0) is 24.6 Å². The van der Waals surface area contributed by atoms with Crippen molar-refractivity contribution in [2.24, 2.45) is 5.73 Å². The molecule has 0 fully saturated rings. The van der Waals surface area contributed by atoms with Gasteiger partial charge in [0.1, 0.15) is 12.4 Å². The fourth-order valence-corrected chi connectivity index (χ4v) is 1.64. The van der Waals surface area contributed by atoms with Crippen LogP contribution in [0.4, 0.5) is 0 Å².